The van der Waals surface area contributed by atoms with Crippen LogP contribution in [0.1, 0.15) is 22.5 Å². The molecule has 2 N–H and O–H groups in total. The quantitative estimate of drug-likeness (QED) is 0.634. The van der Waals surface area contributed by atoms with Crippen LogP contribution in [0.15, 0.2) is 48.7 Å². The molecule has 1 aliphatic heterocycles. The largest absolute Gasteiger partial charge is 0.417 e. The number of halogens is 4. The van der Waals surface area contributed by atoms with Crippen molar-refractivity contribution in [1.82, 2.24) is 20.5 Å². The van der Waals surface area contributed by atoms with Gasteiger partial charge in [0.2, 0.25) is 0 Å². The lowest BCUT2D eigenvalue weighted by atomic mass is 10.1. The maximum atomic E-state index is 13.0. The summed E-state index contributed by atoms with van der Waals surface area (Å²) >= 11 is 0. The van der Waals surface area contributed by atoms with Gasteiger partial charge >= 0.3 is 6.18 Å². The second-order valence-corrected chi connectivity index (χ2v) is 6.98. The molecule has 3 aromatic rings. The van der Waals surface area contributed by atoms with Gasteiger partial charge in [0.15, 0.2) is 0 Å². The zero-order chi connectivity index (χ0) is 21.3. The van der Waals surface area contributed by atoms with Gasteiger partial charge in [-0.05, 0) is 48.9 Å². The van der Waals surface area contributed by atoms with Gasteiger partial charge < -0.3 is 10.2 Å². The van der Waals surface area contributed by atoms with Crippen LogP contribution in [0, 0.1) is 5.82 Å². The highest BCUT2D eigenvalue weighted by Gasteiger charge is 2.31. The van der Waals surface area contributed by atoms with E-state index in [1.807, 2.05) is 4.90 Å². The van der Waals surface area contributed by atoms with E-state index in [2.05, 4.69) is 20.5 Å². The molecule has 0 bridgehead atoms. The number of H-pyrrole nitrogens is 1. The molecule has 0 unspecified atom stereocenters. The summed E-state index contributed by atoms with van der Waals surface area (Å²) in [5.74, 6) is -0.274. The summed E-state index contributed by atoms with van der Waals surface area (Å²) in [5, 5.41) is 9.63. The van der Waals surface area contributed by atoms with Crippen LogP contribution in [0.5, 0.6) is 0 Å². The van der Waals surface area contributed by atoms with E-state index in [9.17, 15) is 22.4 Å². The van der Waals surface area contributed by atoms with Crippen LogP contribution in [0.25, 0.3) is 11.3 Å². The Balaban J connectivity index is 1.36. The van der Waals surface area contributed by atoms with Crippen molar-refractivity contribution in [3.8, 4) is 11.3 Å². The lowest BCUT2D eigenvalue weighted by Crippen LogP contribution is -2.37. The Kier molecular flexibility index (Phi) is 5.15. The zero-order valence-electron chi connectivity index (χ0n) is 15.6. The number of rotatable bonds is 4. The fourth-order valence-electron chi connectivity index (χ4n) is 3.30. The third-order valence-corrected chi connectivity index (χ3v) is 4.89. The average Bonchev–Trinajstić information content (AvgIpc) is 3.38. The van der Waals surface area contributed by atoms with E-state index in [0.29, 0.717) is 36.6 Å². The highest BCUT2D eigenvalue weighted by Crippen LogP contribution is 2.30. The molecular weight excluding hydrogens is 402 g/mol. The maximum Gasteiger partial charge on any atom is 0.417 e. The molecule has 1 atom stereocenters. The van der Waals surface area contributed by atoms with Crippen LogP contribution < -0.4 is 10.2 Å². The average molecular weight is 419 g/mol. The summed E-state index contributed by atoms with van der Waals surface area (Å²) in [6, 6.07) is 9.48. The summed E-state index contributed by atoms with van der Waals surface area (Å²) in [6.45, 7) is 0.996. The topological polar surface area (TPSA) is 73.9 Å². The molecule has 1 saturated heterocycles. The molecule has 0 spiro atoms. The molecule has 156 valence electrons. The summed E-state index contributed by atoms with van der Waals surface area (Å²) in [4.78, 5) is 18.2. The highest BCUT2D eigenvalue weighted by atomic mass is 19.4. The summed E-state index contributed by atoms with van der Waals surface area (Å²) < 4.78 is 51.0. The number of aromatic nitrogens is 3. The fourth-order valence-corrected chi connectivity index (χ4v) is 3.30. The number of nitrogens with zero attached hydrogens (tertiary/aromatic N) is 3. The molecule has 1 aliphatic rings. The van der Waals surface area contributed by atoms with Crippen molar-refractivity contribution in [3.05, 3.63) is 65.7 Å². The van der Waals surface area contributed by atoms with Crippen molar-refractivity contribution in [2.75, 3.05) is 18.0 Å². The van der Waals surface area contributed by atoms with Crippen molar-refractivity contribution >= 4 is 11.7 Å². The second kappa shape index (κ2) is 7.77. The van der Waals surface area contributed by atoms with E-state index in [1.165, 1.54) is 18.2 Å². The number of aromatic amines is 1. The molecule has 2 aromatic heterocycles. The number of carbonyl (C=O) groups is 1. The summed E-state index contributed by atoms with van der Waals surface area (Å²) in [7, 11) is 0. The van der Waals surface area contributed by atoms with Crippen LogP contribution in [-0.4, -0.2) is 40.2 Å². The number of hydrogen-bond acceptors (Lipinski definition) is 4. The van der Waals surface area contributed by atoms with E-state index in [0.717, 1.165) is 12.3 Å². The Morgan fingerprint density at radius 3 is 2.60 bits per heavy atom. The Hall–Kier alpha value is -3.43. The molecule has 6 nitrogen and oxygen atoms in total. The van der Waals surface area contributed by atoms with Crippen LogP contribution >= 0.6 is 0 Å². The minimum absolute atomic E-state index is 0.181. The number of hydrogen-bond donors (Lipinski definition) is 2. The Morgan fingerprint density at radius 1 is 1.17 bits per heavy atom. The first-order valence-electron chi connectivity index (χ1n) is 9.20. The monoisotopic (exact) mass is 419 g/mol. The Labute approximate surface area is 168 Å². The normalized spacial score (nSPS) is 16.7. The fraction of sp³-hybridized carbons (Fsp3) is 0.250. The standard InChI is InChI=1S/C20H17F4N5O/c21-14-4-1-12(2-5-14)16-9-17(28-27-16)19(30)26-15-7-8-29(11-15)18-6-3-13(10-25-18)20(22,23)24/h1-6,9-10,15H,7-8,11H2,(H,26,30)(H,27,28)/t15-/m0/s1. The number of carbonyl (C=O) groups excluding carboxylic acids is 1. The van der Waals surface area contributed by atoms with E-state index in [-0.39, 0.29) is 23.5 Å². The first kappa shape index (κ1) is 19.9. The van der Waals surface area contributed by atoms with Crippen molar-refractivity contribution < 1.29 is 22.4 Å². The number of benzene rings is 1. The van der Waals surface area contributed by atoms with Crippen molar-refractivity contribution in [2.45, 2.75) is 18.6 Å². The van der Waals surface area contributed by atoms with Gasteiger partial charge in [-0.25, -0.2) is 9.37 Å². The van der Waals surface area contributed by atoms with E-state index < -0.39 is 11.7 Å². The maximum absolute atomic E-state index is 13.0. The van der Waals surface area contributed by atoms with Crippen LogP contribution in [-0.2, 0) is 6.18 Å². The van der Waals surface area contributed by atoms with Gasteiger partial charge in [0, 0.05) is 30.9 Å². The second-order valence-electron chi connectivity index (χ2n) is 6.98. The number of nitrogens with one attached hydrogen (secondary N) is 2. The van der Waals surface area contributed by atoms with Crippen LogP contribution in [0.2, 0.25) is 0 Å². The molecule has 1 aromatic carbocycles. The molecule has 0 saturated carbocycles. The van der Waals surface area contributed by atoms with E-state index in [1.54, 1.807) is 18.2 Å². The van der Waals surface area contributed by atoms with E-state index >= 15 is 0 Å². The first-order valence-corrected chi connectivity index (χ1v) is 9.20. The molecule has 10 heteroatoms. The van der Waals surface area contributed by atoms with Crippen LogP contribution in [0.4, 0.5) is 23.4 Å². The summed E-state index contributed by atoms with van der Waals surface area (Å²) in [6.07, 6.45) is -2.99. The van der Waals surface area contributed by atoms with Gasteiger partial charge in [-0.15, -0.1) is 0 Å². The molecule has 3 heterocycles. The Bertz CT molecular complexity index is 1030. The smallest absolute Gasteiger partial charge is 0.354 e. The van der Waals surface area contributed by atoms with Gasteiger partial charge in [-0.1, -0.05) is 0 Å². The number of anilines is 1. The Morgan fingerprint density at radius 2 is 1.93 bits per heavy atom. The molecule has 1 fully saturated rings. The van der Waals surface area contributed by atoms with Gasteiger partial charge in [-0.2, -0.15) is 18.3 Å². The number of alkyl halides is 3. The molecule has 0 radical (unpaired) electrons. The van der Waals surface area contributed by atoms with Crippen molar-refractivity contribution in [3.63, 3.8) is 0 Å². The predicted molar refractivity (Wildman–Crippen MR) is 101 cm³/mol. The van der Waals surface area contributed by atoms with Gasteiger partial charge in [0.25, 0.3) is 5.91 Å². The van der Waals surface area contributed by atoms with Crippen molar-refractivity contribution in [2.24, 2.45) is 0 Å². The van der Waals surface area contributed by atoms with Gasteiger partial charge in [-0.3, -0.25) is 9.89 Å². The zero-order valence-corrected chi connectivity index (χ0v) is 15.6. The molecule has 0 aliphatic carbocycles. The van der Waals surface area contributed by atoms with E-state index in [4.69, 9.17) is 0 Å². The number of amides is 1. The lowest BCUT2D eigenvalue weighted by molar-refractivity contribution is -0.137. The lowest BCUT2D eigenvalue weighted by Gasteiger charge is -2.18. The van der Waals surface area contributed by atoms with Crippen molar-refractivity contribution in [1.29, 1.82) is 0 Å². The molecule has 30 heavy (non-hydrogen) atoms. The highest BCUT2D eigenvalue weighted by molar-refractivity contribution is 5.93. The summed E-state index contributed by atoms with van der Waals surface area (Å²) in [5.41, 5.74) is 0.654. The molecule has 4 rings (SSSR count). The van der Waals surface area contributed by atoms with Gasteiger partial charge in [0.1, 0.15) is 17.3 Å². The first-order chi connectivity index (χ1) is 14.3. The minimum atomic E-state index is -4.43. The minimum Gasteiger partial charge on any atom is -0.354 e. The predicted octanol–water partition coefficient (Wildman–Crippen LogP) is 3.64. The van der Waals surface area contributed by atoms with Crippen LogP contribution in [0.3, 0.4) is 0 Å². The molecule has 1 amide bonds. The van der Waals surface area contributed by atoms with Gasteiger partial charge in [0.05, 0.1) is 11.3 Å². The number of pyridine rings is 1. The third kappa shape index (κ3) is 4.27. The molecular formula is C20H17F4N5O. The third-order valence-electron chi connectivity index (χ3n) is 4.89. The SMILES string of the molecule is O=C(N[C@H]1CCN(c2ccc(C(F)(F)F)cn2)C1)c1cc(-c2ccc(F)cc2)n[nH]1.